The summed E-state index contributed by atoms with van der Waals surface area (Å²) in [6.07, 6.45) is 1.57. The fourth-order valence-corrected chi connectivity index (χ4v) is 2.49. The molecule has 1 aromatic rings. The largest absolute Gasteiger partial charge is 0.508 e. The number of carbonyl (C=O) groups is 1. The molecule has 5 heteroatoms. The molecule has 1 saturated heterocycles. The van der Waals surface area contributed by atoms with Crippen molar-refractivity contribution < 1.29 is 14.6 Å². The summed E-state index contributed by atoms with van der Waals surface area (Å²) in [6, 6.07) is 7.26. The maximum atomic E-state index is 11.8. The zero-order valence-corrected chi connectivity index (χ0v) is 12.9. The Bertz CT molecular complexity index is 497. The van der Waals surface area contributed by atoms with Gasteiger partial charge in [-0.3, -0.25) is 0 Å². The SMILES string of the molecule is CC(C)(C)OC(=O)NC1CCCN(c2cccc(O)c2)C1. The molecule has 2 rings (SSSR count). The lowest BCUT2D eigenvalue weighted by atomic mass is 10.0. The number of phenols is 1. The first-order valence-corrected chi connectivity index (χ1v) is 7.37. The first-order chi connectivity index (χ1) is 9.83. The summed E-state index contributed by atoms with van der Waals surface area (Å²) < 4.78 is 5.29. The quantitative estimate of drug-likeness (QED) is 0.880. The lowest BCUT2D eigenvalue weighted by Gasteiger charge is -2.35. The molecule has 1 unspecified atom stereocenters. The number of aromatic hydroxyl groups is 1. The van der Waals surface area contributed by atoms with Crippen molar-refractivity contribution in [1.82, 2.24) is 5.32 Å². The van der Waals surface area contributed by atoms with E-state index in [0.29, 0.717) is 0 Å². The van der Waals surface area contributed by atoms with Gasteiger partial charge in [-0.15, -0.1) is 0 Å². The zero-order valence-electron chi connectivity index (χ0n) is 12.9. The number of rotatable bonds is 2. The second-order valence-electron chi connectivity index (χ2n) is 6.45. The van der Waals surface area contributed by atoms with Gasteiger partial charge in [0.2, 0.25) is 0 Å². The highest BCUT2D eigenvalue weighted by Crippen LogP contribution is 2.23. The molecule has 2 N–H and O–H groups in total. The lowest BCUT2D eigenvalue weighted by Crippen LogP contribution is -2.49. The molecular formula is C16H24N2O3. The van der Waals surface area contributed by atoms with Crippen molar-refractivity contribution in [2.45, 2.75) is 45.3 Å². The van der Waals surface area contributed by atoms with Gasteiger partial charge in [0.15, 0.2) is 0 Å². The van der Waals surface area contributed by atoms with E-state index in [1.807, 2.05) is 32.9 Å². The van der Waals surface area contributed by atoms with Crippen molar-refractivity contribution in [3.8, 4) is 5.75 Å². The highest BCUT2D eigenvalue weighted by Gasteiger charge is 2.24. The number of benzene rings is 1. The van der Waals surface area contributed by atoms with Crippen LogP contribution in [0.4, 0.5) is 10.5 Å². The number of amides is 1. The van der Waals surface area contributed by atoms with Crippen LogP contribution in [-0.2, 0) is 4.74 Å². The molecule has 1 atom stereocenters. The Labute approximate surface area is 125 Å². The van der Waals surface area contributed by atoms with Crippen LogP contribution in [0, 0.1) is 0 Å². The first-order valence-electron chi connectivity index (χ1n) is 7.37. The maximum absolute atomic E-state index is 11.8. The number of alkyl carbamates (subject to hydrolysis) is 1. The van der Waals surface area contributed by atoms with Gasteiger partial charge >= 0.3 is 6.09 Å². The summed E-state index contributed by atoms with van der Waals surface area (Å²) in [5.74, 6) is 0.259. The minimum Gasteiger partial charge on any atom is -0.508 e. The van der Waals surface area contributed by atoms with E-state index in [-0.39, 0.29) is 17.9 Å². The number of carbonyl (C=O) groups excluding carboxylic acids is 1. The third-order valence-corrected chi connectivity index (χ3v) is 3.34. The zero-order chi connectivity index (χ0) is 15.5. The smallest absolute Gasteiger partial charge is 0.407 e. The number of nitrogens with zero attached hydrogens (tertiary/aromatic N) is 1. The Balaban J connectivity index is 1.93. The average molecular weight is 292 g/mol. The van der Waals surface area contributed by atoms with Crippen molar-refractivity contribution in [2.75, 3.05) is 18.0 Å². The van der Waals surface area contributed by atoms with Gasteiger partial charge < -0.3 is 20.1 Å². The number of piperidine rings is 1. The predicted molar refractivity (Wildman–Crippen MR) is 82.7 cm³/mol. The van der Waals surface area contributed by atoms with Gasteiger partial charge in [0.25, 0.3) is 0 Å². The van der Waals surface area contributed by atoms with Crippen molar-refractivity contribution >= 4 is 11.8 Å². The second-order valence-corrected chi connectivity index (χ2v) is 6.45. The van der Waals surface area contributed by atoms with Crippen LogP contribution >= 0.6 is 0 Å². The van der Waals surface area contributed by atoms with Gasteiger partial charge in [0.05, 0.1) is 0 Å². The maximum Gasteiger partial charge on any atom is 0.407 e. The highest BCUT2D eigenvalue weighted by molar-refractivity contribution is 5.68. The molecular weight excluding hydrogens is 268 g/mol. The van der Waals surface area contributed by atoms with Crippen molar-refractivity contribution in [3.05, 3.63) is 24.3 Å². The first kappa shape index (κ1) is 15.5. The van der Waals surface area contributed by atoms with Gasteiger partial charge in [-0.2, -0.15) is 0 Å². The molecule has 116 valence electrons. The monoisotopic (exact) mass is 292 g/mol. The minimum absolute atomic E-state index is 0.0657. The Kier molecular flexibility index (Phi) is 4.60. The second kappa shape index (κ2) is 6.24. The summed E-state index contributed by atoms with van der Waals surface area (Å²) in [4.78, 5) is 14.0. The number of ether oxygens (including phenoxy) is 1. The Morgan fingerprint density at radius 1 is 1.43 bits per heavy atom. The topological polar surface area (TPSA) is 61.8 Å². The summed E-state index contributed by atoms with van der Waals surface area (Å²) in [7, 11) is 0. The Hall–Kier alpha value is -1.91. The molecule has 0 bridgehead atoms. The van der Waals surface area contributed by atoms with Crippen LogP contribution in [0.25, 0.3) is 0 Å². The van der Waals surface area contributed by atoms with Crippen molar-refractivity contribution in [2.24, 2.45) is 0 Å². The Morgan fingerprint density at radius 2 is 2.19 bits per heavy atom. The van der Waals surface area contributed by atoms with Crippen LogP contribution in [0.15, 0.2) is 24.3 Å². The molecule has 0 radical (unpaired) electrons. The number of anilines is 1. The molecule has 1 heterocycles. The predicted octanol–water partition coefficient (Wildman–Crippen LogP) is 2.89. The molecule has 0 saturated carbocycles. The molecule has 21 heavy (non-hydrogen) atoms. The average Bonchev–Trinajstić information content (AvgIpc) is 2.36. The molecule has 5 nitrogen and oxygen atoms in total. The van der Waals surface area contributed by atoms with Gasteiger partial charge in [0.1, 0.15) is 11.4 Å². The fourth-order valence-electron chi connectivity index (χ4n) is 2.49. The molecule has 1 aliphatic rings. The van der Waals surface area contributed by atoms with Crippen LogP contribution in [-0.4, -0.2) is 35.9 Å². The van der Waals surface area contributed by atoms with Gasteiger partial charge in [-0.25, -0.2) is 4.79 Å². The number of hydrogen-bond donors (Lipinski definition) is 2. The summed E-state index contributed by atoms with van der Waals surface area (Å²) in [6.45, 7) is 7.21. The molecule has 0 aromatic heterocycles. The van der Waals surface area contributed by atoms with Gasteiger partial charge in [-0.1, -0.05) is 6.07 Å². The summed E-state index contributed by atoms with van der Waals surface area (Å²) >= 11 is 0. The third-order valence-electron chi connectivity index (χ3n) is 3.34. The highest BCUT2D eigenvalue weighted by atomic mass is 16.6. The van der Waals surface area contributed by atoms with Crippen LogP contribution in [0.2, 0.25) is 0 Å². The van der Waals surface area contributed by atoms with E-state index in [1.54, 1.807) is 12.1 Å². The van der Waals surface area contributed by atoms with Crippen LogP contribution in [0.3, 0.4) is 0 Å². The molecule has 0 aliphatic carbocycles. The normalized spacial score (nSPS) is 19.2. The van der Waals surface area contributed by atoms with E-state index >= 15 is 0 Å². The molecule has 1 aromatic carbocycles. The summed E-state index contributed by atoms with van der Waals surface area (Å²) in [5, 5.41) is 12.5. The van der Waals surface area contributed by atoms with E-state index < -0.39 is 5.60 Å². The minimum atomic E-state index is -0.482. The van der Waals surface area contributed by atoms with E-state index in [4.69, 9.17) is 4.74 Å². The third kappa shape index (κ3) is 4.85. The van der Waals surface area contributed by atoms with Crippen molar-refractivity contribution in [3.63, 3.8) is 0 Å². The van der Waals surface area contributed by atoms with Crippen molar-refractivity contribution in [1.29, 1.82) is 0 Å². The fraction of sp³-hybridized carbons (Fsp3) is 0.562. The number of phenolic OH excluding ortho intramolecular Hbond substituents is 1. The van der Waals surface area contributed by atoms with Crippen LogP contribution < -0.4 is 10.2 Å². The summed E-state index contributed by atoms with van der Waals surface area (Å²) in [5.41, 5.74) is 0.495. The number of hydrogen-bond acceptors (Lipinski definition) is 4. The number of nitrogens with one attached hydrogen (secondary N) is 1. The standard InChI is InChI=1S/C16H24N2O3/c1-16(2,3)21-15(20)17-12-6-5-9-18(11-12)13-7-4-8-14(19)10-13/h4,7-8,10,12,19H,5-6,9,11H2,1-3H3,(H,17,20). The van der Waals surface area contributed by atoms with E-state index in [9.17, 15) is 9.90 Å². The van der Waals surface area contributed by atoms with Crippen LogP contribution in [0.1, 0.15) is 33.6 Å². The molecule has 0 spiro atoms. The van der Waals surface area contributed by atoms with Gasteiger partial charge in [-0.05, 0) is 45.7 Å². The van der Waals surface area contributed by atoms with E-state index in [1.165, 1.54) is 0 Å². The van der Waals surface area contributed by atoms with Gasteiger partial charge in [0, 0.05) is 30.9 Å². The Morgan fingerprint density at radius 3 is 2.86 bits per heavy atom. The van der Waals surface area contributed by atoms with E-state index in [2.05, 4.69) is 10.2 Å². The van der Waals surface area contributed by atoms with E-state index in [0.717, 1.165) is 31.6 Å². The lowest BCUT2D eigenvalue weighted by molar-refractivity contribution is 0.0500. The molecule has 1 aliphatic heterocycles. The molecule has 1 fully saturated rings. The molecule has 1 amide bonds. The van der Waals surface area contributed by atoms with Crippen LogP contribution in [0.5, 0.6) is 5.75 Å².